The number of methoxy groups -OCH3 is 1. The van der Waals surface area contributed by atoms with Gasteiger partial charge in [-0.15, -0.1) is 0 Å². The summed E-state index contributed by atoms with van der Waals surface area (Å²) in [6.45, 7) is 4.28. The standard InChI is InChI=1S/C21H24N2O4S/c1-14-7-8-15(2)18(9-14)23-20-13-28(25,26)12-19(20)22(21(23)24)11-16-5-4-6-17(10-16)27-3/h4-10,19-20H,11-13H2,1-3H3/t19-,20-/m1/s1. The van der Waals surface area contributed by atoms with Crippen LogP contribution in [0.15, 0.2) is 42.5 Å². The van der Waals surface area contributed by atoms with E-state index in [1.54, 1.807) is 16.9 Å². The summed E-state index contributed by atoms with van der Waals surface area (Å²) in [6.07, 6.45) is 0. The molecule has 2 aliphatic rings. The highest BCUT2D eigenvalue weighted by Crippen LogP contribution is 2.37. The first-order valence-corrected chi connectivity index (χ1v) is 11.1. The number of carbonyl (C=O) groups is 1. The van der Waals surface area contributed by atoms with Gasteiger partial charge in [0.15, 0.2) is 9.84 Å². The summed E-state index contributed by atoms with van der Waals surface area (Å²) in [5.41, 5.74) is 3.71. The second-order valence-corrected chi connectivity index (χ2v) is 9.79. The predicted molar refractivity (Wildman–Crippen MR) is 109 cm³/mol. The van der Waals surface area contributed by atoms with E-state index in [-0.39, 0.29) is 29.6 Å². The maximum Gasteiger partial charge on any atom is 0.325 e. The molecular formula is C21H24N2O4S. The summed E-state index contributed by atoms with van der Waals surface area (Å²) in [4.78, 5) is 16.8. The third-order valence-electron chi connectivity index (χ3n) is 5.59. The number of benzene rings is 2. The van der Waals surface area contributed by atoms with E-state index < -0.39 is 9.84 Å². The van der Waals surface area contributed by atoms with Crippen molar-refractivity contribution in [3.8, 4) is 5.75 Å². The summed E-state index contributed by atoms with van der Waals surface area (Å²) in [5.74, 6) is 0.728. The monoisotopic (exact) mass is 400 g/mol. The average molecular weight is 401 g/mol. The third-order valence-corrected chi connectivity index (χ3v) is 7.29. The normalized spacial score (nSPS) is 23.2. The van der Waals surface area contributed by atoms with Gasteiger partial charge in [0.1, 0.15) is 5.75 Å². The molecule has 2 aromatic carbocycles. The van der Waals surface area contributed by atoms with Crippen LogP contribution in [0.4, 0.5) is 10.5 Å². The molecule has 2 heterocycles. The van der Waals surface area contributed by atoms with Crippen LogP contribution >= 0.6 is 0 Å². The first kappa shape index (κ1) is 18.8. The van der Waals surface area contributed by atoms with Gasteiger partial charge in [-0.2, -0.15) is 0 Å². The second-order valence-electron chi connectivity index (χ2n) is 7.63. The van der Waals surface area contributed by atoms with Crippen molar-refractivity contribution >= 4 is 21.6 Å². The van der Waals surface area contributed by atoms with Crippen molar-refractivity contribution in [2.75, 3.05) is 23.5 Å². The topological polar surface area (TPSA) is 66.9 Å². The van der Waals surface area contributed by atoms with E-state index in [4.69, 9.17) is 4.74 Å². The molecular weight excluding hydrogens is 376 g/mol. The highest BCUT2D eigenvalue weighted by atomic mass is 32.2. The zero-order valence-electron chi connectivity index (χ0n) is 16.3. The lowest BCUT2D eigenvalue weighted by atomic mass is 10.1. The zero-order chi connectivity index (χ0) is 20.1. The average Bonchev–Trinajstić information content (AvgIpc) is 3.08. The molecule has 0 N–H and O–H groups in total. The molecule has 28 heavy (non-hydrogen) atoms. The molecule has 0 bridgehead atoms. The number of ether oxygens (including phenoxy) is 1. The lowest BCUT2D eigenvalue weighted by molar-refractivity contribution is 0.205. The summed E-state index contributed by atoms with van der Waals surface area (Å²) < 4.78 is 30.1. The van der Waals surface area contributed by atoms with Crippen molar-refractivity contribution in [1.29, 1.82) is 0 Å². The molecule has 2 aliphatic heterocycles. The highest BCUT2D eigenvalue weighted by molar-refractivity contribution is 7.91. The number of sulfone groups is 1. The lowest BCUT2D eigenvalue weighted by Crippen LogP contribution is -2.38. The Hall–Kier alpha value is -2.54. The molecule has 0 spiro atoms. The minimum atomic E-state index is -3.19. The molecule has 0 aromatic heterocycles. The zero-order valence-corrected chi connectivity index (χ0v) is 17.1. The maximum atomic E-state index is 13.4. The van der Waals surface area contributed by atoms with Crippen LogP contribution in [-0.4, -0.2) is 50.0 Å². The van der Waals surface area contributed by atoms with E-state index in [2.05, 4.69) is 0 Å². The molecule has 2 saturated heterocycles. The van der Waals surface area contributed by atoms with Crippen LogP contribution in [0.1, 0.15) is 16.7 Å². The number of rotatable bonds is 4. The van der Waals surface area contributed by atoms with Crippen molar-refractivity contribution < 1.29 is 17.9 Å². The number of urea groups is 1. The Bertz CT molecular complexity index is 1030. The van der Waals surface area contributed by atoms with E-state index in [0.29, 0.717) is 12.3 Å². The maximum absolute atomic E-state index is 13.4. The SMILES string of the molecule is COc1cccc(CN2C(=O)N(c3cc(C)ccc3C)[C@@H]3CS(=O)(=O)C[C@H]32)c1. The van der Waals surface area contributed by atoms with Crippen LogP contribution in [0.2, 0.25) is 0 Å². The van der Waals surface area contributed by atoms with Crippen LogP contribution in [0.3, 0.4) is 0 Å². The van der Waals surface area contributed by atoms with Crippen molar-refractivity contribution in [2.45, 2.75) is 32.5 Å². The molecule has 0 radical (unpaired) electrons. The Balaban J connectivity index is 1.73. The Morgan fingerprint density at radius 1 is 1.07 bits per heavy atom. The van der Waals surface area contributed by atoms with E-state index in [0.717, 1.165) is 22.4 Å². The van der Waals surface area contributed by atoms with Gasteiger partial charge in [0.05, 0.1) is 30.7 Å². The molecule has 7 heteroatoms. The van der Waals surface area contributed by atoms with E-state index in [1.807, 2.05) is 56.3 Å². The molecule has 0 aliphatic carbocycles. The Labute approximate surface area is 165 Å². The van der Waals surface area contributed by atoms with Gasteiger partial charge in [-0.25, -0.2) is 13.2 Å². The van der Waals surface area contributed by atoms with Crippen LogP contribution in [0, 0.1) is 13.8 Å². The van der Waals surface area contributed by atoms with Gasteiger partial charge in [0, 0.05) is 12.2 Å². The minimum absolute atomic E-state index is 0.00536. The van der Waals surface area contributed by atoms with Crippen molar-refractivity contribution in [3.05, 3.63) is 59.2 Å². The smallest absolute Gasteiger partial charge is 0.325 e. The first-order chi connectivity index (χ1) is 13.3. The van der Waals surface area contributed by atoms with Crippen LogP contribution < -0.4 is 9.64 Å². The number of amides is 2. The minimum Gasteiger partial charge on any atom is -0.497 e. The Kier molecular flexibility index (Phi) is 4.57. The van der Waals surface area contributed by atoms with Gasteiger partial charge < -0.3 is 9.64 Å². The molecule has 0 unspecified atom stereocenters. The number of fused-ring (bicyclic) bond motifs is 1. The third kappa shape index (κ3) is 3.24. The summed E-state index contributed by atoms with van der Waals surface area (Å²) in [5, 5.41) is 0. The second kappa shape index (κ2) is 6.81. The molecule has 4 rings (SSSR count). The molecule has 2 amide bonds. The summed E-state index contributed by atoms with van der Waals surface area (Å²) in [6, 6.07) is 12.6. The van der Waals surface area contributed by atoms with Crippen molar-refractivity contribution in [2.24, 2.45) is 0 Å². The number of hydrogen-bond donors (Lipinski definition) is 0. The van der Waals surface area contributed by atoms with Crippen LogP contribution in [-0.2, 0) is 16.4 Å². The fourth-order valence-corrected chi connectivity index (χ4v) is 6.14. The number of aryl methyl sites for hydroxylation is 2. The van der Waals surface area contributed by atoms with Gasteiger partial charge >= 0.3 is 6.03 Å². The quantitative estimate of drug-likeness (QED) is 0.740. The number of anilines is 1. The largest absolute Gasteiger partial charge is 0.497 e. The summed E-state index contributed by atoms with van der Waals surface area (Å²) in [7, 11) is -1.59. The summed E-state index contributed by atoms with van der Waals surface area (Å²) >= 11 is 0. The van der Waals surface area contributed by atoms with Crippen molar-refractivity contribution in [1.82, 2.24) is 4.90 Å². The van der Waals surface area contributed by atoms with Gasteiger partial charge in [-0.1, -0.05) is 24.3 Å². The molecule has 148 valence electrons. The Morgan fingerprint density at radius 3 is 2.57 bits per heavy atom. The van der Waals surface area contributed by atoms with Crippen molar-refractivity contribution in [3.63, 3.8) is 0 Å². The van der Waals surface area contributed by atoms with E-state index in [9.17, 15) is 13.2 Å². The molecule has 2 fully saturated rings. The van der Waals surface area contributed by atoms with Crippen LogP contribution in [0.5, 0.6) is 5.75 Å². The fraction of sp³-hybridized carbons (Fsp3) is 0.381. The first-order valence-electron chi connectivity index (χ1n) is 9.29. The van der Waals surface area contributed by atoms with Gasteiger partial charge in [-0.3, -0.25) is 4.90 Å². The molecule has 6 nitrogen and oxygen atoms in total. The van der Waals surface area contributed by atoms with Crippen LogP contribution in [0.25, 0.3) is 0 Å². The predicted octanol–water partition coefficient (Wildman–Crippen LogP) is 2.92. The lowest BCUT2D eigenvalue weighted by Gasteiger charge is -2.24. The fourth-order valence-electron chi connectivity index (χ4n) is 4.19. The molecule has 2 aromatic rings. The van der Waals surface area contributed by atoms with Gasteiger partial charge in [0.2, 0.25) is 0 Å². The Morgan fingerprint density at radius 2 is 1.82 bits per heavy atom. The number of hydrogen-bond acceptors (Lipinski definition) is 4. The molecule has 0 saturated carbocycles. The highest BCUT2D eigenvalue weighted by Gasteiger charge is 2.54. The van der Waals surface area contributed by atoms with Gasteiger partial charge in [-0.05, 0) is 48.7 Å². The van der Waals surface area contributed by atoms with E-state index in [1.165, 1.54) is 0 Å². The number of carbonyl (C=O) groups excluding carboxylic acids is 1. The van der Waals surface area contributed by atoms with Gasteiger partial charge in [0.25, 0.3) is 0 Å². The number of nitrogens with zero attached hydrogens (tertiary/aromatic N) is 2. The van der Waals surface area contributed by atoms with E-state index >= 15 is 0 Å². The molecule has 2 atom stereocenters.